The standard InChI is InChI=1S/C18H16N4O5S/c1-24-12-4-6-15(25-2)13(8-12)14(23)9-28-18-19-20-21-22(18)11-3-5-16-17(7-11)27-10-26-16/h3-8H,9-10H2,1-2H3. The fourth-order valence-electron chi connectivity index (χ4n) is 2.69. The van der Waals surface area contributed by atoms with E-state index in [1.54, 1.807) is 42.1 Å². The van der Waals surface area contributed by atoms with Crippen molar-refractivity contribution in [2.45, 2.75) is 5.16 Å². The monoisotopic (exact) mass is 400 g/mol. The third-order valence-electron chi connectivity index (χ3n) is 4.08. The molecule has 10 heteroatoms. The molecule has 144 valence electrons. The second-order valence-corrected chi connectivity index (χ2v) is 6.63. The summed E-state index contributed by atoms with van der Waals surface area (Å²) in [5.74, 6) is 2.38. The number of benzene rings is 2. The van der Waals surface area contributed by atoms with Gasteiger partial charge >= 0.3 is 0 Å². The highest BCUT2D eigenvalue weighted by Gasteiger charge is 2.19. The van der Waals surface area contributed by atoms with Crippen molar-refractivity contribution < 1.29 is 23.7 Å². The van der Waals surface area contributed by atoms with Crippen LogP contribution in [0.15, 0.2) is 41.6 Å². The molecule has 2 aromatic carbocycles. The lowest BCUT2D eigenvalue weighted by Gasteiger charge is -2.09. The second-order valence-electron chi connectivity index (χ2n) is 5.69. The lowest BCUT2D eigenvalue weighted by molar-refractivity contribution is 0.101. The number of methoxy groups -OCH3 is 2. The number of fused-ring (bicyclic) bond motifs is 1. The zero-order valence-electron chi connectivity index (χ0n) is 15.1. The Balaban J connectivity index is 1.52. The molecule has 0 saturated carbocycles. The molecule has 0 bridgehead atoms. The molecule has 0 fully saturated rings. The summed E-state index contributed by atoms with van der Waals surface area (Å²) in [6, 6.07) is 10.5. The molecular weight excluding hydrogens is 384 g/mol. The predicted octanol–water partition coefficient (Wildman–Crippen LogP) is 2.38. The topological polar surface area (TPSA) is 97.6 Å². The number of aromatic nitrogens is 4. The number of rotatable bonds is 7. The summed E-state index contributed by atoms with van der Waals surface area (Å²) in [7, 11) is 3.07. The maximum Gasteiger partial charge on any atom is 0.231 e. The molecule has 0 saturated heterocycles. The van der Waals surface area contributed by atoms with Crippen LogP contribution in [-0.4, -0.2) is 52.8 Å². The van der Waals surface area contributed by atoms with Crippen LogP contribution < -0.4 is 18.9 Å². The molecule has 0 aliphatic carbocycles. The Labute approximate surface area is 164 Å². The van der Waals surface area contributed by atoms with Crippen LogP contribution in [0.2, 0.25) is 0 Å². The maximum absolute atomic E-state index is 12.7. The molecule has 0 unspecified atom stereocenters. The summed E-state index contributed by atoms with van der Waals surface area (Å²) in [6.45, 7) is 0.187. The minimum Gasteiger partial charge on any atom is -0.497 e. The summed E-state index contributed by atoms with van der Waals surface area (Å²) < 4.78 is 22.7. The highest BCUT2D eigenvalue weighted by molar-refractivity contribution is 7.99. The van der Waals surface area contributed by atoms with E-state index in [1.807, 2.05) is 6.07 Å². The van der Waals surface area contributed by atoms with E-state index in [2.05, 4.69) is 15.5 Å². The first-order valence-electron chi connectivity index (χ1n) is 8.26. The largest absolute Gasteiger partial charge is 0.497 e. The van der Waals surface area contributed by atoms with E-state index in [0.29, 0.717) is 39.4 Å². The Morgan fingerprint density at radius 2 is 2.00 bits per heavy atom. The normalized spacial score (nSPS) is 12.1. The number of tetrazole rings is 1. The number of thioether (sulfide) groups is 1. The van der Waals surface area contributed by atoms with E-state index in [4.69, 9.17) is 18.9 Å². The Kier molecular flexibility index (Phi) is 5.02. The number of nitrogens with zero attached hydrogens (tertiary/aromatic N) is 4. The van der Waals surface area contributed by atoms with Gasteiger partial charge in [0.15, 0.2) is 17.3 Å². The summed E-state index contributed by atoms with van der Waals surface area (Å²) in [5, 5.41) is 12.2. The Morgan fingerprint density at radius 1 is 1.14 bits per heavy atom. The number of carbonyl (C=O) groups excluding carboxylic acids is 1. The molecule has 0 atom stereocenters. The van der Waals surface area contributed by atoms with Crippen molar-refractivity contribution >= 4 is 17.5 Å². The molecule has 0 amide bonds. The number of carbonyl (C=O) groups is 1. The van der Waals surface area contributed by atoms with E-state index in [1.165, 1.54) is 18.9 Å². The number of hydrogen-bond donors (Lipinski definition) is 0. The van der Waals surface area contributed by atoms with Gasteiger partial charge in [-0.05, 0) is 40.8 Å². The smallest absolute Gasteiger partial charge is 0.231 e. The van der Waals surface area contributed by atoms with Crippen molar-refractivity contribution in [1.82, 2.24) is 20.2 Å². The molecule has 1 aliphatic rings. The van der Waals surface area contributed by atoms with Gasteiger partial charge in [0.1, 0.15) is 11.5 Å². The summed E-state index contributed by atoms with van der Waals surface area (Å²) in [4.78, 5) is 12.7. The van der Waals surface area contributed by atoms with Crippen LogP contribution in [0.25, 0.3) is 5.69 Å². The number of Topliss-reactive ketones (excluding diaryl/α,β-unsaturated/α-hetero) is 1. The fraction of sp³-hybridized carbons (Fsp3) is 0.222. The van der Waals surface area contributed by atoms with Crippen molar-refractivity contribution in [2.24, 2.45) is 0 Å². The van der Waals surface area contributed by atoms with Gasteiger partial charge in [-0.3, -0.25) is 4.79 Å². The highest BCUT2D eigenvalue weighted by atomic mass is 32.2. The number of hydrogen-bond acceptors (Lipinski definition) is 9. The van der Waals surface area contributed by atoms with E-state index >= 15 is 0 Å². The summed E-state index contributed by atoms with van der Waals surface area (Å²) in [5.41, 5.74) is 1.15. The van der Waals surface area contributed by atoms with E-state index in [-0.39, 0.29) is 18.3 Å². The molecule has 1 aromatic heterocycles. The van der Waals surface area contributed by atoms with Gasteiger partial charge in [-0.15, -0.1) is 5.10 Å². The molecule has 3 aromatic rings. The molecule has 9 nitrogen and oxygen atoms in total. The van der Waals surface area contributed by atoms with Gasteiger partial charge in [0.25, 0.3) is 0 Å². The Hall–Kier alpha value is -3.27. The molecule has 4 rings (SSSR count). The van der Waals surface area contributed by atoms with E-state index in [9.17, 15) is 4.79 Å². The third kappa shape index (κ3) is 3.46. The number of ether oxygens (including phenoxy) is 4. The highest BCUT2D eigenvalue weighted by Crippen LogP contribution is 2.34. The quantitative estimate of drug-likeness (QED) is 0.437. The van der Waals surface area contributed by atoms with Crippen LogP contribution in [-0.2, 0) is 0 Å². The van der Waals surface area contributed by atoms with Gasteiger partial charge in [-0.25, -0.2) is 0 Å². The van der Waals surface area contributed by atoms with Gasteiger partial charge in [-0.1, -0.05) is 11.8 Å². The third-order valence-corrected chi connectivity index (χ3v) is 5.00. The fourth-order valence-corrected chi connectivity index (χ4v) is 3.46. The Morgan fingerprint density at radius 3 is 2.82 bits per heavy atom. The Bertz CT molecular complexity index is 1020. The molecule has 2 heterocycles. The first kappa shape index (κ1) is 18.1. The molecule has 0 N–H and O–H groups in total. The van der Waals surface area contributed by atoms with Crippen molar-refractivity contribution in [3.63, 3.8) is 0 Å². The van der Waals surface area contributed by atoms with Crippen LogP contribution in [0.3, 0.4) is 0 Å². The predicted molar refractivity (Wildman–Crippen MR) is 99.9 cm³/mol. The van der Waals surface area contributed by atoms with Gasteiger partial charge < -0.3 is 18.9 Å². The molecule has 28 heavy (non-hydrogen) atoms. The average Bonchev–Trinajstić information content (AvgIpc) is 3.39. The molecule has 0 radical (unpaired) electrons. The van der Waals surface area contributed by atoms with E-state index < -0.39 is 0 Å². The van der Waals surface area contributed by atoms with Crippen molar-refractivity contribution in [1.29, 1.82) is 0 Å². The van der Waals surface area contributed by atoms with Crippen LogP contribution in [0.4, 0.5) is 0 Å². The zero-order chi connectivity index (χ0) is 19.5. The number of ketones is 1. The molecular formula is C18H16N4O5S. The van der Waals surface area contributed by atoms with Gasteiger partial charge in [-0.2, -0.15) is 4.68 Å². The van der Waals surface area contributed by atoms with Gasteiger partial charge in [0, 0.05) is 6.07 Å². The first-order chi connectivity index (χ1) is 13.7. The molecule has 1 aliphatic heterocycles. The molecule has 0 spiro atoms. The zero-order valence-corrected chi connectivity index (χ0v) is 15.9. The van der Waals surface area contributed by atoms with E-state index in [0.717, 1.165) is 0 Å². The SMILES string of the molecule is COc1ccc(OC)c(C(=O)CSc2nnnn2-c2ccc3c(c2)OCO3)c1. The first-order valence-corrected chi connectivity index (χ1v) is 9.24. The second kappa shape index (κ2) is 7.77. The minimum atomic E-state index is -0.124. The van der Waals surface area contributed by atoms with Crippen LogP contribution in [0, 0.1) is 0 Å². The summed E-state index contributed by atoms with van der Waals surface area (Å²) in [6.07, 6.45) is 0. The van der Waals surface area contributed by atoms with Gasteiger partial charge in [0.05, 0.1) is 31.2 Å². The summed E-state index contributed by atoms with van der Waals surface area (Å²) >= 11 is 1.23. The van der Waals surface area contributed by atoms with Crippen LogP contribution in [0.1, 0.15) is 10.4 Å². The van der Waals surface area contributed by atoms with Crippen molar-refractivity contribution in [2.75, 3.05) is 26.8 Å². The van der Waals surface area contributed by atoms with Crippen LogP contribution >= 0.6 is 11.8 Å². The van der Waals surface area contributed by atoms with Gasteiger partial charge in [0.2, 0.25) is 11.9 Å². The minimum absolute atomic E-state index is 0.124. The van der Waals surface area contributed by atoms with Crippen molar-refractivity contribution in [3.8, 4) is 28.7 Å². The van der Waals surface area contributed by atoms with Crippen LogP contribution in [0.5, 0.6) is 23.0 Å². The average molecular weight is 400 g/mol. The lowest BCUT2D eigenvalue weighted by Crippen LogP contribution is -2.07. The lowest BCUT2D eigenvalue weighted by atomic mass is 10.1. The maximum atomic E-state index is 12.7. The van der Waals surface area contributed by atoms with Crippen molar-refractivity contribution in [3.05, 3.63) is 42.0 Å².